The molecule has 0 aliphatic heterocycles. The van der Waals surface area contributed by atoms with Crippen LogP contribution in [-0.4, -0.2) is 17.1 Å². The molecule has 4 heteroatoms. The number of allylic oxidation sites excluding steroid dienone is 2. The molecule has 8 aromatic rings. The van der Waals surface area contributed by atoms with Gasteiger partial charge in [-0.25, -0.2) is 0 Å². The minimum absolute atomic E-state index is 0.414. The Kier molecular flexibility index (Phi) is 12.8. The van der Waals surface area contributed by atoms with Crippen LogP contribution in [0.15, 0.2) is 169 Å². The number of rotatable bonds is 6. The summed E-state index contributed by atoms with van der Waals surface area (Å²) in [5.74, 6) is 0.829. The van der Waals surface area contributed by atoms with Crippen molar-refractivity contribution in [3.8, 4) is 33.8 Å². The average Bonchev–Trinajstić information content (AvgIpc) is 3.91. The van der Waals surface area contributed by atoms with Gasteiger partial charge in [0.05, 0.1) is 0 Å². The van der Waals surface area contributed by atoms with Crippen molar-refractivity contribution in [3.05, 3.63) is 213 Å². The zero-order valence-corrected chi connectivity index (χ0v) is 42.7. The third kappa shape index (κ3) is 8.32. The zero-order valence-electron chi connectivity index (χ0n) is 38.8. The first kappa shape index (κ1) is 45.0. The second-order valence-electron chi connectivity index (χ2n) is 19.1. The maximum absolute atomic E-state index is 9.21. The van der Waals surface area contributed by atoms with Gasteiger partial charge in [0.2, 0.25) is 0 Å². The Bertz CT molecular complexity index is 2940. The van der Waals surface area contributed by atoms with Gasteiger partial charge in [-0.3, -0.25) is 0 Å². The Labute approximate surface area is 383 Å². The van der Waals surface area contributed by atoms with Crippen LogP contribution in [0.1, 0.15) is 78.4 Å². The van der Waals surface area contributed by atoms with Crippen molar-refractivity contribution < 1.29 is 27.6 Å². The van der Waals surface area contributed by atoms with Crippen LogP contribution >= 0.6 is 0 Å². The molecule has 0 spiro atoms. The van der Waals surface area contributed by atoms with Crippen LogP contribution in [0.3, 0.4) is 0 Å². The molecule has 0 saturated heterocycles. The summed E-state index contributed by atoms with van der Waals surface area (Å²) in [6, 6.07) is 57.0. The molecule has 322 valence electrons. The third-order valence-corrected chi connectivity index (χ3v) is 31.6. The van der Waals surface area contributed by atoms with E-state index in [1.165, 1.54) is 54.9 Å². The van der Waals surface area contributed by atoms with Crippen LogP contribution in [-0.2, 0) is 17.4 Å². The number of hydrogen-bond donors (Lipinski definition) is 2. The molecule has 2 unspecified atom stereocenters. The number of aromatic hydroxyl groups is 2. The molecule has 0 aromatic heterocycles. The maximum Gasteiger partial charge on any atom is 0.121 e. The molecule has 0 amide bonds. The molecule has 0 heterocycles. The molecule has 0 saturated carbocycles. The number of aryl methyl sites for hydroxylation is 4. The van der Waals surface area contributed by atoms with Crippen molar-refractivity contribution in [2.24, 2.45) is 0 Å². The van der Waals surface area contributed by atoms with E-state index in [1.807, 2.05) is 64.1 Å². The fraction of sp³-hybridized carbons (Fsp3) is 0.200. The summed E-state index contributed by atoms with van der Waals surface area (Å²) in [6.07, 6.45) is 7.39. The second-order valence-corrected chi connectivity index (χ2v) is 49.6. The first-order valence-corrected chi connectivity index (χ1v) is 36.6. The summed E-state index contributed by atoms with van der Waals surface area (Å²) < 4.78 is 6.59. The molecule has 10 rings (SSSR count). The average molecular weight is 934 g/mol. The number of hydrogen-bond acceptors (Lipinski definition) is 2. The van der Waals surface area contributed by atoms with Crippen molar-refractivity contribution >= 4 is 40.6 Å². The largest absolute Gasteiger partial charge is 0.507 e. The first-order valence-electron chi connectivity index (χ1n) is 22.9. The summed E-state index contributed by atoms with van der Waals surface area (Å²) in [5.41, 5.74) is 18.6. The van der Waals surface area contributed by atoms with E-state index in [2.05, 4.69) is 163 Å². The van der Waals surface area contributed by atoms with Crippen molar-refractivity contribution in [2.75, 3.05) is 0 Å². The van der Waals surface area contributed by atoms with Crippen LogP contribution in [0.2, 0.25) is 9.26 Å². The summed E-state index contributed by atoms with van der Waals surface area (Å²) in [6.45, 7) is 14.8. The normalized spacial score (nSPS) is 15.3. The van der Waals surface area contributed by atoms with E-state index in [-0.39, 0.29) is 0 Å². The van der Waals surface area contributed by atoms with Gasteiger partial charge in [-0.1, -0.05) is 36.4 Å². The Morgan fingerprint density at radius 2 is 0.734 bits per heavy atom. The fourth-order valence-electron chi connectivity index (χ4n) is 10.9. The number of phenols is 2. The monoisotopic (exact) mass is 932 g/mol. The Hall–Kier alpha value is -5.54. The smallest absolute Gasteiger partial charge is 0.121 e. The number of fused-ring (bicyclic) bond motifs is 4. The van der Waals surface area contributed by atoms with Crippen molar-refractivity contribution in [1.29, 1.82) is 0 Å². The zero-order chi connectivity index (χ0) is 45.4. The van der Waals surface area contributed by atoms with Crippen LogP contribution in [0.25, 0.3) is 56.0 Å². The standard InChI is InChI=1S/2C21H17.2C8H10O.2CH3.H2Si.Zr/c2*1-2-15-13-17-9-6-12-20(21(17)14-15)19-11-5-8-16-7-3-4-10-18(16)19;2*1-6-4-3-5-7(2)8(6)9;;;;/h2*3-14H,2H2,1H3;2*3-5,9H,1-2H3;2*1H3;1H2;. The van der Waals surface area contributed by atoms with Crippen LogP contribution < -0.4 is 0 Å². The molecule has 0 fully saturated rings. The molecular weight excluding hydrogens is 872 g/mol. The SMILES string of the molecule is CCC1=Cc2c(-c3cccc4ccccc34)cccc2[CH]1[Zr]([CH3])([CH3])(=[SiH2])[CH]1C(CC)=Cc2c(-c3cccc4ccccc34)cccc21.Cc1cccc(C)c1O.Cc1cccc(C)c1O. The molecular formula is C60H62O2SiZr. The van der Waals surface area contributed by atoms with Crippen LogP contribution in [0, 0.1) is 27.7 Å². The van der Waals surface area contributed by atoms with Gasteiger partial charge < -0.3 is 10.2 Å². The Morgan fingerprint density at radius 1 is 0.422 bits per heavy atom. The van der Waals surface area contributed by atoms with Crippen LogP contribution in [0.5, 0.6) is 11.5 Å². The number of benzene rings is 8. The van der Waals surface area contributed by atoms with E-state index in [9.17, 15) is 10.2 Å². The molecule has 8 aromatic carbocycles. The summed E-state index contributed by atoms with van der Waals surface area (Å²) in [5, 5.41) is 23.7. The van der Waals surface area contributed by atoms with E-state index in [0.717, 1.165) is 35.1 Å². The Morgan fingerprint density at radius 3 is 1.09 bits per heavy atom. The van der Waals surface area contributed by atoms with Gasteiger partial charge in [-0.15, -0.1) is 0 Å². The minimum Gasteiger partial charge on any atom is -0.507 e. The van der Waals surface area contributed by atoms with Gasteiger partial charge in [0.25, 0.3) is 0 Å². The van der Waals surface area contributed by atoms with Gasteiger partial charge in [0, 0.05) is 0 Å². The summed E-state index contributed by atoms with van der Waals surface area (Å²) in [7, 11) is 0. The van der Waals surface area contributed by atoms with Gasteiger partial charge in [-0.05, 0) is 49.9 Å². The first-order chi connectivity index (χ1) is 30.7. The maximum atomic E-state index is 9.21. The van der Waals surface area contributed by atoms with Gasteiger partial charge in [-0.2, -0.15) is 0 Å². The van der Waals surface area contributed by atoms with E-state index < -0.39 is 17.4 Å². The van der Waals surface area contributed by atoms with E-state index in [1.54, 1.807) is 22.3 Å². The predicted octanol–water partition coefficient (Wildman–Crippen LogP) is 16.1. The van der Waals surface area contributed by atoms with Crippen molar-refractivity contribution in [3.63, 3.8) is 0 Å². The van der Waals surface area contributed by atoms with Crippen molar-refractivity contribution in [2.45, 2.75) is 70.9 Å². The molecule has 0 radical (unpaired) electrons. The molecule has 0 bridgehead atoms. The molecule has 2 atom stereocenters. The fourth-order valence-corrected chi connectivity index (χ4v) is 31.1. The van der Waals surface area contributed by atoms with Gasteiger partial charge in [0.1, 0.15) is 11.5 Å². The molecule has 64 heavy (non-hydrogen) atoms. The Balaban J connectivity index is 0.000000258. The van der Waals surface area contributed by atoms with Crippen molar-refractivity contribution in [1.82, 2.24) is 0 Å². The predicted molar refractivity (Wildman–Crippen MR) is 276 cm³/mol. The van der Waals surface area contributed by atoms with E-state index >= 15 is 0 Å². The quantitative estimate of drug-likeness (QED) is 0.163. The number of phenolic OH excluding ortho intramolecular Hbond substituents is 2. The molecule has 2 N–H and O–H groups in total. The van der Waals surface area contributed by atoms with E-state index in [4.69, 9.17) is 0 Å². The molecule has 2 nitrogen and oxygen atoms in total. The van der Waals surface area contributed by atoms with Crippen LogP contribution in [0.4, 0.5) is 0 Å². The number of para-hydroxylation sites is 2. The molecule has 2 aliphatic rings. The van der Waals surface area contributed by atoms with Gasteiger partial charge >= 0.3 is 278 Å². The van der Waals surface area contributed by atoms with E-state index in [0.29, 0.717) is 18.8 Å². The topological polar surface area (TPSA) is 40.5 Å². The minimum atomic E-state index is -3.70. The molecule has 2 aliphatic carbocycles. The summed E-state index contributed by atoms with van der Waals surface area (Å²) >= 11 is -3.70. The second kappa shape index (κ2) is 18.1. The summed E-state index contributed by atoms with van der Waals surface area (Å²) in [4.78, 5) is 0. The van der Waals surface area contributed by atoms with Gasteiger partial charge in [0.15, 0.2) is 0 Å². The third-order valence-electron chi connectivity index (χ3n) is 14.1.